The van der Waals surface area contributed by atoms with E-state index in [0.717, 1.165) is 19.4 Å². The fraction of sp³-hybridized carbons (Fsp3) is 0.742. The molecule has 9 nitrogen and oxygen atoms in total. The molecule has 7 rings (SSSR count). The van der Waals surface area contributed by atoms with Gasteiger partial charge in [0.15, 0.2) is 5.78 Å². The van der Waals surface area contributed by atoms with E-state index in [0.29, 0.717) is 18.6 Å². The molecule has 218 valence electrons. The molecule has 1 aliphatic heterocycles. The molecule has 5 unspecified atom stereocenters. The predicted molar refractivity (Wildman–Crippen MR) is 142 cm³/mol. The molecule has 13 atom stereocenters. The highest BCUT2D eigenvalue weighted by Crippen LogP contribution is 2.78. The Labute approximate surface area is 235 Å². The summed E-state index contributed by atoms with van der Waals surface area (Å²) < 4.78 is 30.8. The number of carbonyl (C=O) groups excluding carboxylic acids is 2. The minimum absolute atomic E-state index is 0.0244. The summed E-state index contributed by atoms with van der Waals surface area (Å²) in [6.45, 7) is 1.44. The Morgan fingerprint density at radius 1 is 1.07 bits per heavy atom. The molecule has 9 heteroatoms. The molecule has 1 N–H and O–H groups in total. The molecule has 1 aromatic rings. The lowest BCUT2D eigenvalue weighted by molar-refractivity contribution is -0.247. The fourth-order valence-electron chi connectivity index (χ4n) is 11.6. The van der Waals surface area contributed by atoms with Gasteiger partial charge in [-0.05, 0) is 44.4 Å². The first-order valence-corrected chi connectivity index (χ1v) is 14.5. The second kappa shape index (κ2) is 9.06. The van der Waals surface area contributed by atoms with Crippen molar-refractivity contribution in [3.8, 4) is 0 Å². The number of methoxy groups -OCH3 is 4. The Morgan fingerprint density at radius 3 is 2.48 bits per heavy atom. The Balaban J connectivity index is 1.43. The lowest BCUT2D eigenvalue weighted by atomic mass is 9.44. The quantitative estimate of drug-likeness (QED) is 0.505. The van der Waals surface area contributed by atoms with Gasteiger partial charge in [0, 0.05) is 75.5 Å². The Hall–Kier alpha value is -1.88. The van der Waals surface area contributed by atoms with E-state index in [4.69, 9.17) is 23.7 Å². The number of hydrogen-bond acceptors (Lipinski definition) is 9. The highest BCUT2D eigenvalue weighted by molar-refractivity contribution is 5.92. The van der Waals surface area contributed by atoms with E-state index in [2.05, 4.69) is 11.9 Å². The summed E-state index contributed by atoms with van der Waals surface area (Å²) in [5, 5.41) is 12.4. The SMILES string of the molecule is COC[C@@]12CCC(OC)C34C(C(C(OC)[C@@H]31)[C@H]1C(=O)[C@H](OC)[C@@]3(O)C[C@@H]4[C@@H]1[C@H]3OC(=O)c1ccccc1)N(C)C2. The molecule has 7 bridgehead atoms. The van der Waals surface area contributed by atoms with Crippen LogP contribution in [0.2, 0.25) is 0 Å². The van der Waals surface area contributed by atoms with Gasteiger partial charge in [-0.15, -0.1) is 0 Å². The number of piperidine rings is 1. The van der Waals surface area contributed by atoms with Crippen molar-refractivity contribution in [1.29, 1.82) is 0 Å². The molecule has 6 aliphatic rings. The van der Waals surface area contributed by atoms with E-state index < -0.39 is 35.1 Å². The fourth-order valence-corrected chi connectivity index (χ4v) is 11.6. The summed E-state index contributed by atoms with van der Waals surface area (Å²) in [6, 6.07) is 8.86. The number of likely N-dealkylation sites (tertiary alicyclic amines) is 1. The third kappa shape index (κ3) is 2.99. The molecule has 0 aromatic heterocycles. The number of nitrogens with zero attached hydrogens (tertiary/aromatic N) is 1. The largest absolute Gasteiger partial charge is 0.455 e. The van der Waals surface area contributed by atoms with Gasteiger partial charge in [-0.2, -0.15) is 0 Å². The number of rotatable bonds is 7. The van der Waals surface area contributed by atoms with Gasteiger partial charge < -0.3 is 33.7 Å². The summed E-state index contributed by atoms with van der Waals surface area (Å²) in [5.74, 6) is -1.64. The highest BCUT2D eigenvalue weighted by Gasteiger charge is 2.86. The molecule has 1 aromatic carbocycles. The average molecular weight is 556 g/mol. The van der Waals surface area contributed by atoms with Crippen LogP contribution in [0, 0.1) is 40.4 Å². The molecule has 1 spiro atoms. The van der Waals surface area contributed by atoms with E-state index in [-0.39, 0.29) is 53.1 Å². The summed E-state index contributed by atoms with van der Waals surface area (Å²) in [7, 11) is 8.93. The van der Waals surface area contributed by atoms with Gasteiger partial charge in [-0.25, -0.2) is 4.79 Å². The van der Waals surface area contributed by atoms with Gasteiger partial charge in [0.2, 0.25) is 0 Å². The maximum absolute atomic E-state index is 14.4. The van der Waals surface area contributed by atoms with Crippen LogP contribution in [0.1, 0.15) is 29.6 Å². The molecule has 0 radical (unpaired) electrons. The summed E-state index contributed by atoms with van der Waals surface area (Å²) >= 11 is 0. The molecule has 0 amide bonds. The first kappa shape index (κ1) is 27.0. The van der Waals surface area contributed by atoms with E-state index in [1.54, 1.807) is 45.6 Å². The number of fused-ring (bicyclic) bond motifs is 2. The third-order valence-corrected chi connectivity index (χ3v) is 12.1. The maximum atomic E-state index is 14.4. The maximum Gasteiger partial charge on any atom is 0.338 e. The van der Waals surface area contributed by atoms with Gasteiger partial charge >= 0.3 is 5.97 Å². The smallest absolute Gasteiger partial charge is 0.338 e. The molecule has 1 saturated heterocycles. The van der Waals surface area contributed by atoms with Crippen LogP contribution in [0.4, 0.5) is 0 Å². The summed E-state index contributed by atoms with van der Waals surface area (Å²) in [5.41, 5.74) is -1.80. The van der Waals surface area contributed by atoms with Crippen LogP contribution in [0.3, 0.4) is 0 Å². The van der Waals surface area contributed by atoms with Gasteiger partial charge in [0.25, 0.3) is 0 Å². The van der Waals surface area contributed by atoms with E-state index in [1.165, 1.54) is 7.11 Å². The Bertz CT molecular complexity index is 1200. The highest BCUT2D eigenvalue weighted by atomic mass is 16.6. The van der Waals surface area contributed by atoms with Crippen molar-refractivity contribution in [3.63, 3.8) is 0 Å². The average Bonchev–Trinajstić information content (AvgIpc) is 3.30. The number of carbonyl (C=O) groups is 2. The Morgan fingerprint density at radius 2 is 1.82 bits per heavy atom. The number of benzene rings is 1. The number of aliphatic hydroxyl groups is 1. The van der Waals surface area contributed by atoms with Crippen molar-refractivity contribution < 1.29 is 38.4 Å². The third-order valence-electron chi connectivity index (χ3n) is 12.1. The molecule has 5 saturated carbocycles. The second-order valence-electron chi connectivity index (χ2n) is 13.3. The zero-order valence-corrected chi connectivity index (χ0v) is 23.9. The lowest BCUT2D eigenvalue weighted by Crippen LogP contribution is -2.74. The van der Waals surface area contributed by atoms with Crippen LogP contribution in [0.15, 0.2) is 30.3 Å². The second-order valence-corrected chi connectivity index (χ2v) is 13.3. The van der Waals surface area contributed by atoms with Crippen molar-refractivity contribution in [3.05, 3.63) is 35.9 Å². The number of ether oxygens (including phenoxy) is 5. The van der Waals surface area contributed by atoms with Gasteiger partial charge in [-0.1, -0.05) is 18.2 Å². The van der Waals surface area contributed by atoms with E-state index >= 15 is 0 Å². The number of Topliss-reactive ketones (excluding diaryl/α,β-unsaturated/α-hetero) is 1. The first-order chi connectivity index (χ1) is 19.2. The van der Waals surface area contributed by atoms with Gasteiger partial charge in [-0.3, -0.25) is 4.79 Å². The van der Waals surface area contributed by atoms with Crippen molar-refractivity contribution in [2.45, 2.75) is 55.3 Å². The standard InChI is InChI=1S/C31H41NO8/c1-32-14-29(15-36-2)12-11-18(37-3)31-17-13-30(35)26(40-28(34)16-9-7-6-8-10-16)19(17)20(22(33)27(30)39-5)21(25(31)32)23(38-4)24(29)31/h6-10,17-21,23-27,35H,11-15H2,1-5H3/t17-,18?,19+,20+,21?,23?,24-,25?,26-,27+,29+,30-,31?/m1/s1. The Kier molecular flexibility index (Phi) is 6.11. The van der Waals surface area contributed by atoms with Crippen LogP contribution < -0.4 is 0 Å². The first-order valence-electron chi connectivity index (χ1n) is 14.5. The lowest BCUT2D eigenvalue weighted by Gasteiger charge is -2.67. The molecule has 40 heavy (non-hydrogen) atoms. The van der Waals surface area contributed by atoms with Crippen molar-refractivity contribution in [1.82, 2.24) is 4.90 Å². The molecular weight excluding hydrogens is 514 g/mol. The van der Waals surface area contributed by atoms with Crippen LogP contribution in [-0.2, 0) is 28.5 Å². The predicted octanol–water partition coefficient (Wildman–Crippen LogP) is 1.81. The zero-order chi connectivity index (χ0) is 28.2. The number of ketones is 1. The normalized spacial score (nSPS) is 50.2. The van der Waals surface area contributed by atoms with Crippen molar-refractivity contribution in [2.75, 3.05) is 48.6 Å². The van der Waals surface area contributed by atoms with Gasteiger partial charge in [0.05, 0.1) is 24.4 Å². The number of hydrogen-bond donors (Lipinski definition) is 1. The van der Waals surface area contributed by atoms with E-state index in [1.807, 2.05) is 6.07 Å². The zero-order valence-electron chi connectivity index (χ0n) is 23.9. The van der Waals surface area contributed by atoms with Crippen LogP contribution in [0.5, 0.6) is 0 Å². The van der Waals surface area contributed by atoms with Gasteiger partial charge in [0.1, 0.15) is 17.8 Å². The van der Waals surface area contributed by atoms with Crippen molar-refractivity contribution in [2.24, 2.45) is 40.4 Å². The molecular formula is C31H41NO8. The summed E-state index contributed by atoms with van der Waals surface area (Å²) in [6.07, 6.45) is -0.146. The molecule has 5 aliphatic carbocycles. The summed E-state index contributed by atoms with van der Waals surface area (Å²) in [4.78, 5) is 30.3. The monoisotopic (exact) mass is 555 g/mol. The molecule has 6 fully saturated rings. The topological polar surface area (TPSA) is 104 Å². The van der Waals surface area contributed by atoms with E-state index in [9.17, 15) is 14.7 Å². The number of esters is 1. The minimum Gasteiger partial charge on any atom is -0.455 e. The van der Waals surface area contributed by atoms with Crippen LogP contribution in [0.25, 0.3) is 0 Å². The van der Waals surface area contributed by atoms with Crippen molar-refractivity contribution >= 4 is 11.8 Å². The minimum atomic E-state index is -1.63. The van der Waals surface area contributed by atoms with Crippen LogP contribution in [-0.4, -0.2) is 106 Å². The molecule has 1 heterocycles. The van der Waals surface area contributed by atoms with Crippen LogP contribution >= 0.6 is 0 Å².